The fraction of sp³-hybridized carbons (Fsp3) is 0.115. The van der Waals surface area contributed by atoms with Gasteiger partial charge in [0, 0.05) is 11.1 Å². The zero-order valence-corrected chi connectivity index (χ0v) is 17.8. The van der Waals surface area contributed by atoms with E-state index in [0.29, 0.717) is 28.1 Å². The maximum atomic E-state index is 12.9. The molecule has 0 aliphatic carbocycles. The standard InChI is InChI=1S/C26H23NO5/c1-18(28)21-13-7-8-14-23(21)27-25(29)17-32-26(30)22(19-10-4-3-5-11-19)16-20-12-6-9-15-24(20)31-2/h3-16H,17H2,1-2H3,(H,27,29)/b22-16+. The second kappa shape index (κ2) is 10.7. The Morgan fingerprint density at radius 2 is 1.53 bits per heavy atom. The Kier molecular flexibility index (Phi) is 7.54. The molecule has 32 heavy (non-hydrogen) atoms. The Morgan fingerprint density at radius 3 is 2.25 bits per heavy atom. The van der Waals surface area contributed by atoms with Crippen molar-refractivity contribution in [2.75, 3.05) is 19.0 Å². The molecule has 0 spiro atoms. The fourth-order valence-electron chi connectivity index (χ4n) is 3.11. The quantitative estimate of drug-likeness (QED) is 0.245. The molecule has 162 valence electrons. The van der Waals surface area contributed by atoms with Gasteiger partial charge in [-0.25, -0.2) is 4.79 Å². The Labute approximate surface area is 186 Å². The van der Waals surface area contributed by atoms with Gasteiger partial charge in [-0.1, -0.05) is 60.7 Å². The first-order chi connectivity index (χ1) is 15.5. The number of carbonyl (C=O) groups is 3. The molecule has 0 heterocycles. The molecule has 0 unspecified atom stereocenters. The molecule has 0 aliphatic heterocycles. The summed E-state index contributed by atoms with van der Waals surface area (Å²) >= 11 is 0. The number of esters is 1. The molecule has 0 fully saturated rings. The molecule has 3 aromatic carbocycles. The Hall–Kier alpha value is -4.19. The molecule has 6 nitrogen and oxygen atoms in total. The van der Waals surface area contributed by atoms with Crippen LogP contribution in [0.5, 0.6) is 5.75 Å². The van der Waals surface area contributed by atoms with Crippen LogP contribution >= 0.6 is 0 Å². The molecular formula is C26H23NO5. The summed E-state index contributed by atoms with van der Waals surface area (Å²) in [6.07, 6.45) is 1.67. The average Bonchev–Trinajstić information content (AvgIpc) is 2.82. The van der Waals surface area contributed by atoms with Crippen LogP contribution in [0.25, 0.3) is 11.6 Å². The number of anilines is 1. The summed E-state index contributed by atoms with van der Waals surface area (Å²) in [4.78, 5) is 37.0. The first kappa shape index (κ1) is 22.5. The molecule has 0 bridgehead atoms. The number of benzene rings is 3. The number of carbonyl (C=O) groups excluding carboxylic acids is 3. The van der Waals surface area contributed by atoms with Crippen molar-refractivity contribution in [2.24, 2.45) is 0 Å². The lowest BCUT2D eigenvalue weighted by atomic mass is 10.0. The van der Waals surface area contributed by atoms with Crippen molar-refractivity contribution in [3.05, 3.63) is 95.6 Å². The van der Waals surface area contributed by atoms with Gasteiger partial charge in [-0.05, 0) is 36.8 Å². The minimum Gasteiger partial charge on any atom is -0.496 e. The van der Waals surface area contributed by atoms with Crippen molar-refractivity contribution in [3.63, 3.8) is 0 Å². The molecule has 0 saturated carbocycles. The number of ether oxygens (including phenoxy) is 2. The molecular weight excluding hydrogens is 406 g/mol. The summed E-state index contributed by atoms with van der Waals surface area (Å²) in [5.41, 5.74) is 2.38. The topological polar surface area (TPSA) is 81.7 Å². The Bertz CT molecular complexity index is 1150. The van der Waals surface area contributed by atoms with Crippen LogP contribution in [0.2, 0.25) is 0 Å². The lowest BCUT2D eigenvalue weighted by Crippen LogP contribution is -2.22. The predicted molar refractivity (Wildman–Crippen MR) is 123 cm³/mol. The van der Waals surface area contributed by atoms with Gasteiger partial charge in [-0.15, -0.1) is 0 Å². The first-order valence-corrected chi connectivity index (χ1v) is 9.96. The van der Waals surface area contributed by atoms with E-state index in [4.69, 9.17) is 9.47 Å². The van der Waals surface area contributed by atoms with E-state index in [1.807, 2.05) is 36.4 Å². The Morgan fingerprint density at radius 1 is 0.875 bits per heavy atom. The number of ketones is 1. The summed E-state index contributed by atoms with van der Waals surface area (Å²) in [5, 5.41) is 2.62. The summed E-state index contributed by atoms with van der Waals surface area (Å²) < 4.78 is 10.7. The highest BCUT2D eigenvalue weighted by atomic mass is 16.5. The third-order valence-electron chi connectivity index (χ3n) is 4.66. The molecule has 1 N–H and O–H groups in total. The van der Waals surface area contributed by atoms with Crippen molar-refractivity contribution in [1.29, 1.82) is 0 Å². The molecule has 1 amide bonds. The monoisotopic (exact) mass is 429 g/mol. The maximum Gasteiger partial charge on any atom is 0.339 e. The first-order valence-electron chi connectivity index (χ1n) is 9.96. The van der Waals surface area contributed by atoms with E-state index < -0.39 is 18.5 Å². The number of nitrogens with one attached hydrogen (secondary N) is 1. The number of Topliss-reactive ketones (excluding diaryl/α,β-unsaturated/α-hetero) is 1. The van der Waals surface area contributed by atoms with Crippen LogP contribution in [0.4, 0.5) is 5.69 Å². The molecule has 0 aliphatic rings. The van der Waals surface area contributed by atoms with Crippen molar-refractivity contribution < 1.29 is 23.9 Å². The fourth-order valence-corrected chi connectivity index (χ4v) is 3.11. The van der Waals surface area contributed by atoms with Crippen molar-refractivity contribution >= 4 is 35.0 Å². The molecule has 3 rings (SSSR count). The highest BCUT2D eigenvalue weighted by molar-refractivity contribution is 6.22. The highest BCUT2D eigenvalue weighted by Crippen LogP contribution is 2.25. The molecule has 6 heteroatoms. The number of rotatable bonds is 8. The van der Waals surface area contributed by atoms with Crippen LogP contribution in [0.1, 0.15) is 28.4 Å². The number of amides is 1. The lowest BCUT2D eigenvalue weighted by molar-refractivity contribution is -0.141. The van der Waals surface area contributed by atoms with Gasteiger partial charge >= 0.3 is 5.97 Å². The summed E-state index contributed by atoms with van der Waals surface area (Å²) in [6.45, 7) is 0.918. The van der Waals surface area contributed by atoms with Gasteiger partial charge < -0.3 is 14.8 Å². The van der Waals surface area contributed by atoms with Crippen LogP contribution < -0.4 is 10.1 Å². The van der Waals surface area contributed by atoms with E-state index in [1.165, 1.54) is 6.92 Å². The van der Waals surface area contributed by atoms with Gasteiger partial charge in [-0.3, -0.25) is 9.59 Å². The van der Waals surface area contributed by atoms with E-state index in [1.54, 1.807) is 55.7 Å². The minimum atomic E-state index is -0.655. The van der Waals surface area contributed by atoms with Gasteiger partial charge in [0.25, 0.3) is 5.91 Å². The largest absolute Gasteiger partial charge is 0.496 e. The minimum absolute atomic E-state index is 0.177. The average molecular weight is 429 g/mol. The van der Waals surface area contributed by atoms with Crippen molar-refractivity contribution in [2.45, 2.75) is 6.92 Å². The third kappa shape index (κ3) is 5.70. The van der Waals surface area contributed by atoms with E-state index in [9.17, 15) is 14.4 Å². The van der Waals surface area contributed by atoms with Crippen molar-refractivity contribution in [3.8, 4) is 5.75 Å². The smallest absolute Gasteiger partial charge is 0.339 e. The van der Waals surface area contributed by atoms with E-state index >= 15 is 0 Å². The third-order valence-corrected chi connectivity index (χ3v) is 4.66. The van der Waals surface area contributed by atoms with Crippen LogP contribution in [0.15, 0.2) is 78.9 Å². The zero-order chi connectivity index (χ0) is 22.9. The van der Waals surface area contributed by atoms with Crippen LogP contribution in [-0.2, 0) is 14.3 Å². The summed E-state index contributed by atoms with van der Waals surface area (Å²) in [6, 6.07) is 23.0. The highest BCUT2D eigenvalue weighted by Gasteiger charge is 2.17. The number of hydrogen-bond donors (Lipinski definition) is 1. The van der Waals surface area contributed by atoms with Gasteiger partial charge in [0.15, 0.2) is 12.4 Å². The molecule has 0 saturated heterocycles. The van der Waals surface area contributed by atoms with Gasteiger partial charge in [0.1, 0.15) is 5.75 Å². The maximum absolute atomic E-state index is 12.9. The van der Waals surface area contributed by atoms with Crippen molar-refractivity contribution in [1.82, 2.24) is 0 Å². The molecule has 0 radical (unpaired) electrons. The predicted octanol–water partition coefficient (Wildman–Crippen LogP) is 4.62. The Balaban J connectivity index is 1.79. The van der Waals surface area contributed by atoms with E-state index in [2.05, 4.69) is 5.32 Å². The van der Waals surface area contributed by atoms with E-state index in [0.717, 1.165) is 0 Å². The van der Waals surface area contributed by atoms with Crippen LogP contribution in [0, 0.1) is 0 Å². The number of hydrogen-bond acceptors (Lipinski definition) is 5. The molecule has 3 aromatic rings. The number of para-hydroxylation sites is 2. The second-order valence-corrected chi connectivity index (χ2v) is 6.89. The number of methoxy groups -OCH3 is 1. The molecule has 0 aromatic heterocycles. The SMILES string of the molecule is COc1ccccc1/C=C(/C(=O)OCC(=O)Nc1ccccc1C(C)=O)c1ccccc1. The van der Waals surface area contributed by atoms with Gasteiger partial charge in [0.2, 0.25) is 0 Å². The lowest BCUT2D eigenvalue weighted by Gasteiger charge is -2.12. The molecule has 0 atom stereocenters. The summed E-state index contributed by atoms with van der Waals surface area (Å²) in [5.74, 6) is -0.773. The second-order valence-electron chi connectivity index (χ2n) is 6.89. The van der Waals surface area contributed by atoms with Gasteiger partial charge in [-0.2, -0.15) is 0 Å². The van der Waals surface area contributed by atoms with Gasteiger partial charge in [0.05, 0.1) is 18.4 Å². The zero-order valence-electron chi connectivity index (χ0n) is 17.8. The summed E-state index contributed by atoms with van der Waals surface area (Å²) in [7, 11) is 1.55. The van der Waals surface area contributed by atoms with Crippen LogP contribution in [0.3, 0.4) is 0 Å². The van der Waals surface area contributed by atoms with E-state index in [-0.39, 0.29) is 11.4 Å². The van der Waals surface area contributed by atoms with Crippen LogP contribution in [-0.4, -0.2) is 31.4 Å². The normalized spacial score (nSPS) is 10.9.